The molecule has 2 rings (SSSR count). The van der Waals surface area contributed by atoms with Gasteiger partial charge in [-0.1, -0.05) is 28.1 Å². The van der Waals surface area contributed by atoms with Gasteiger partial charge in [-0.2, -0.15) is 0 Å². The van der Waals surface area contributed by atoms with Crippen LogP contribution in [-0.4, -0.2) is 31.4 Å². The molecule has 0 spiro atoms. The molecule has 0 aromatic heterocycles. The van der Waals surface area contributed by atoms with Gasteiger partial charge >= 0.3 is 0 Å². The zero-order valence-electron chi connectivity index (χ0n) is 11.4. The highest BCUT2D eigenvalue weighted by Crippen LogP contribution is 2.23. The molecule has 0 saturated carbocycles. The molecule has 1 atom stereocenters. The highest BCUT2D eigenvalue weighted by molar-refractivity contribution is 9.10. The number of carbonyl (C=O) groups excluding carboxylic acids is 1. The Hall–Kier alpha value is -0.880. The second-order valence-electron chi connectivity index (χ2n) is 5.58. The molecule has 1 fully saturated rings. The highest BCUT2D eigenvalue weighted by Gasteiger charge is 2.39. The summed E-state index contributed by atoms with van der Waals surface area (Å²) in [5, 5.41) is 2.87. The van der Waals surface area contributed by atoms with E-state index in [1.807, 2.05) is 24.3 Å². The van der Waals surface area contributed by atoms with Crippen LogP contribution in [0.1, 0.15) is 25.3 Å². The fourth-order valence-corrected chi connectivity index (χ4v) is 5.00. The van der Waals surface area contributed by atoms with Gasteiger partial charge in [-0.25, -0.2) is 8.42 Å². The van der Waals surface area contributed by atoms with Gasteiger partial charge in [0.25, 0.3) is 0 Å². The van der Waals surface area contributed by atoms with Crippen LogP contribution in [0.15, 0.2) is 28.7 Å². The Labute approximate surface area is 128 Å². The molecule has 0 radical (unpaired) electrons. The van der Waals surface area contributed by atoms with Crippen LogP contribution in [0.3, 0.4) is 0 Å². The van der Waals surface area contributed by atoms with Crippen LogP contribution in [0.25, 0.3) is 0 Å². The third-order valence-corrected chi connectivity index (χ3v) is 5.87. The average Bonchev–Trinajstić information content (AvgIpc) is 2.61. The first kappa shape index (κ1) is 15.5. The lowest BCUT2D eigenvalue weighted by molar-refractivity contribution is -0.122. The molecule has 1 aliphatic rings. The van der Waals surface area contributed by atoms with E-state index >= 15 is 0 Å². The lowest BCUT2D eigenvalue weighted by atomic mass is 10.0. The number of nitrogens with one attached hydrogen (secondary N) is 1. The van der Waals surface area contributed by atoms with Crippen molar-refractivity contribution < 1.29 is 13.2 Å². The molecule has 1 aromatic rings. The Kier molecular flexibility index (Phi) is 4.54. The standard InChI is InChI=1S/C14H18BrNO3S/c1-14(7-8-20(18,19)10-14)16-13(17)6-5-11-3-2-4-12(15)9-11/h2-4,9H,5-8,10H2,1H3,(H,16,17)/t14-/m1/s1. The Bertz CT molecular complexity index is 615. The number of aryl methyl sites for hydroxylation is 1. The van der Waals surface area contributed by atoms with Gasteiger partial charge in [0.2, 0.25) is 5.91 Å². The minimum atomic E-state index is -2.99. The molecule has 20 heavy (non-hydrogen) atoms. The van der Waals surface area contributed by atoms with Gasteiger partial charge in [0.05, 0.1) is 17.0 Å². The summed E-state index contributed by atoms with van der Waals surface area (Å²) in [7, 11) is -2.99. The van der Waals surface area contributed by atoms with Crippen LogP contribution < -0.4 is 5.32 Å². The third-order valence-electron chi connectivity index (χ3n) is 3.47. The van der Waals surface area contributed by atoms with Crippen molar-refractivity contribution in [1.82, 2.24) is 5.32 Å². The Morgan fingerprint density at radius 3 is 2.80 bits per heavy atom. The van der Waals surface area contributed by atoms with Gasteiger partial charge in [0.15, 0.2) is 9.84 Å². The zero-order valence-corrected chi connectivity index (χ0v) is 13.8. The number of amides is 1. The van der Waals surface area contributed by atoms with Crippen molar-refractivity contribution in [2.75, 3.05) is 11.5 Å². The molecule has 1 amide bonds. The summed E-state index contributed by atoms with van der Waals surface area (Å²) in [6, 6.07) is 7.82. The predicted molar refractivity (Wildman–Crippen MR) is 82.3 cm³/mol. The summed E-state index contributed by atoms with van der Waals surface area (Å²) in [5.41, 5.74) is 0.478. The molecule has 6 heteroatoms. The van der Waals surface area contributed by atoms with Gasteiger partial charge in [-0.3, -0.25) is 4.79 Å². The van der Waals surface area contributed by atoms with Crippen LogP contribution in [0, 0.1) is 0 Å². The first-order valence-corrected chi connectivity index (χ1v) is 9.15. The first-order chi connectivity index (χ1) is 9.28. The van der Waals surface area contributed by atoms with E-state index in [0.29, 0.717) is 19.3 Å². The molecule has 0 unspecified atom stereocenters. The van der Waals surface area contributed by atoms with E-state index in [9.17, 15) is 13.2 Å². The van der Waals surface area contributed by atoms with E-state index in [4.69, 9.17) is 0 Å². The van der Waals surface area contributed by atoms with Crippen molar-refractivity contribution in [3.05, 3.63) is 34.3 Å². The number of halogens is 1. The Balaban J connectivity index is 1.87. The van der Waals surface area contributed by atoms with E-state index in [0.717, 1.165) is 10.0 Å². The molecule has 0 bridgehead atoms. The smallest absolute Gasteiger partial charge is 0.220 e. The lowest BCUT2D eigenvalue weighted by Crippen LogP contribution is -2.47. The quantitative estimate of drug-likeness (QED) is 0.894. The topological polar surface area (TPSA) is 63.2 Å². The number of rotatable bonds is 4. The molecule has 4 nitrogen and oxygen atoms in total. The van der Waals surface area contributed by atoms with E-state index in [-0.39, 0.29) is 17.4 Å². The van der Waals surface area contributed by atoms with Gasteiger partial charge < -0.3 is 5.32 Å². The molecule has 1 heterocycles. The van der Waals surface area contributed by atoms with Crippen LogP contribution >= 0.6 is 15.9 Å². The summed E-state index contributed by atoms with van der Waals surface area (Å²) in [6.07, 6.45) is 1.51. The minimum Gasteiger partial charge on any atom is -0.350 e. The summed E-state index contributed by atoms with van der Waals surface area (Å²) >= 11 is 3.39. The molecular formula is C14H18BrNO3S. The normalized spacial score (nSPS) is 24.5. The summed E-state index contributed by atoms with van der Waals surface area (Å²) < 4.78 is 24.0. The summed E-state index contributed by atoms with van der Waals surface area (Å²) in [4.78, 5) is 12.0. The monoisotopic (exact) mass is 359 g/mol. The number of hydrogen-bond acceptors (Lipinski definition) is 3. The second kappa shape index (κ2) is 5.85. The zero-order chi connectivity index (χ0) is 14.8. The van der Waals surface area contributed by atoms with Gasteiger partial charge in [0, 0.05) is 10.9 Å². The summed E-state index contributed by atoms with van der Waals surface area (Å²) in [5.74, 6) is 0.113. The maximum absolute atomic E-state index is 12.0. The van der Waals surface area contributed by atoms with E-state index in [1.165, 1.54) is 0 Å². The second-order valence-corrected chi connectivity index (χ2v) is 8.68. The van der Waals surface area contributed by atoms with E-state index < -0.39 is 15.4 Å². The molecule has 1 N–H and O–H groups in total. The largest absolute Gasteiger partial charge is 0.350 e. The van der Waals surface area contributed by atoms with Crippen molar-refractivity contribution >= 4 is 31.7 Å². The Morgan fingerprint density at radius 1 is 1.45 bits per heavy atom. The first-order valence-electron chi connectivity index (χ1n) is 6.54. The number of carbonyl (C=O) groups is 1. The number of benzene rings is 1. The third kappa shape index (κ3) is 4.31. The highest BCUT2D eigenvalue weighted by atomic mass is 79.9. The van der Waals surface area contributed by atoms with Gasteiger partial charge in [0.1, 0.15) is 0 Å². The number of sulfone groups is 1. The molecule has 1 aromatic carbocycles. The van der Waals surface area contributed by atoms with Gasteiger partial charge in [-0.15, -0.1) is 0 Å². The van der Waals surface area contributed by atoms with Crippen molar-refractivity contribution in [2.24, 2.45) is 0 Å². The predicted octanol–water partition coefficient (Wildman–Crippen LogP) is 2.08. The molecule has 110 valence electrons. The van der Waals surface area contributed by atoms with Crippen molar-refractivity contribution in [3.8, 4) is 0 Å². The fourth-order valence-electron chi connectivity index (χ4n) is 2.46. The van der Waals surface area contributed by atoms with Crippen molar-refractivity contribution in [1.29, 1.82) is 0 Å². The molecular weight excluding hydrogens is 342 g/mol. The fraction of sp³-hybridized carbons (Fsp3) is 0.500. The van der Waals surface area contributed by atoms with Crippen LogP contribution in [-0.2, 0) is 21.1 Å². The van der Waals surface area contributed by atoms with Crippen LogP contribution in [0.4, 0.5) is 0 Å². The van der Waals surface area contributed by atoms with Crippen molar-refractivity contribution in [2.45, 2.75) is 31.7 Å². The summed E-state index contributed by atoms with van der Waals surface area (Å²) in [6.45, 7) is 1.80. The molecule has 1 aliphatic heterocycles. The maximum atomic E-state index is 12.0. The Morgan fingerprint density at radius 2 is 2.20 bits per heavy atom. The van der Waals surface area contributed by atoms with E-state index in [2.05, 4.69) is 21.2 Å². The SMILES string of the molecule is C[C@@]1(NC(=O)CCc2cccc(Br)c2)CCS(=O)(=O)C1. The molecule has 0 aliphatic carbocycles. The average molecular weight is 360 g/mol. The minimum absolute atomic E-state index is 0.0443. The maximum Gasteiger partial charge on any atom is 0.220 e. The molecule has 1 saturated heterocycles. The van der Waals surface area contributed by atoms with Crippen LogP contribution in [0.2, 0.25) is 0 Å². The van der Waals surface area contributed by atoms with Gasteiger partial charge in [-0.05, 0) is 37.5 Å². The number of hydrogen-bond donors (Lipinski definition) is 1. The van der Waals surface area contributed by atoms with E-state index in [1.54, 1.807) is 6.92 Å². The van der Waals surface area contributed by atoms with Crippen LogP contribution in [0.5, 0.6) is 0 Å². The lowest BCUT2D eigenvalue weighted by Gasteiger charge is -2.23. The van der Waals surface area contributed by atoms with Crippen molar-refractivity contribution in [3.63, 3.8) is 0 Å².